The molecule has 0 aliphatic carbocycles. The lowest BCUT2D eigenvalue weighted by molar-refractivity contribution is -0.129. The summed E-state index contributed by atoms with van der Waals surface area (Å²) in [4.78, 5) is 14.6. The quantitative estimate of drug-likeness (QED) is 0.673. The number of hydrogen-bond donors (Lipinski definition) is 2. The number of nitrogens with one attached hydrogen (secondary N) is 1. The van der Waals surface area contributed by atoms with E-state index < -0.39 is 11.8 Å². The highest BCUT2D eigenvalue weighted by Crippen LogP contribution is 2.29. The maximum atomic E-state index is 12.2. The van der Waals surface area contributed by atoms with Gasteiger partial charge in [0.05, 0.1) is 5.92 Å². The van der Waals surface area contributed by atoms with Gasteiger partial charge in [0.2, 0.25) is 0 Å². The van der Waals surface area contributed by atoms with Crippen LogP contribution in [0.15, 0.2) is 54.6 Å². The Labute approximate surface area is 136 Å². The molecule has 4 heteroatoms. The summed E-state index contributed by atoms with van der Waals surface area (Å²) in [6.45, 7) is 2.12. The van der Waals surface area contributed by atoms with Crippen molar-refractivity contribution in [2.75, 3.05) is 18.0 Å². The molecule has 1 atom stereocenters. The molecular weight excluding hydrogens is 288 g/mol. The second kappa shape index (κ2) is 7.29. The Kier molecular flexibility index (Phi) is 4.93. The van der Waals surface area contributed by atoms with E-state index in [2.05, 4.69) is 17.0 Å². The molecule has 1 amide bonds. The molecule has 1 unspecified atom stereocenters. The van der Waals surface area contributed by atoms with Crippen LogP contribution in [0.4, 0.5) is 5.69 Å². The van der Waals surface area contributed by atoms with Crippen LogP contribution in [0.3, 0.4) is 0 Å². The van der Waals surface area contributed by atoms with Gasteiger partial charge < -0.3 is 4.90 Å². The molecule has 0 saturated carbocycles. The number of nitrogens with zero attached hydrogens (tertiary/aromatic N) is 1. The molecule has 1 saturated heterocycles. The second-order valence-electron chi connectivity index (χ2n) is 5.96. The van der Waals surface area contributed by atoms with Gasteiger partial charge in [0.1, 0.15) is 0 Å². The molecule has 0 spiro atoms. The smallest absolute Gasteiger partial charge is 0.255 e. The van der Waals surface area contributed by atoms with Gasteiger partial charge in [0.15, 0.2) is 0 Å². The lowest BCUT2D eigenvalue weighted by atomic mass is 9.90. The van der Waals surface area contributed by atoms with Crippen molar-refractivity contribution in [3.05, 3.63) is 65.7 Å². The minimum Gasteiger partial charge on any atom is -0.372 e. The van der Waals surface area contributed by atoms with E-state index in [0.717, 1.165) is 29.9 Å². The number of piperidine rings is 1. The highest BCUT2D eigenvalue weighted by atomic mass is 16.5. The van der Waals surface area contributed by atoms with Gasteiger partial charge in [0, 0.05) is 18.8 Å². The van der Waals surface area contributed by atoms with Crippen LogP contribution >= 0.6 is 0 Å². The molecule has 4 nitrogen and oxygen atoms in total. The van der Waals surface area contributed by atoms with Gasteiger partial charge in [-0.15, -0.1) is 0 Å². The number of hydrogen-bond acceptors (Lipinski definition) is 3. The van der Waals surface area contributed by atoms with Crippen LogP contribution in [0.1, 0.15) is 36.3 Å². The van der Waals surface area contributed by atoms with Crippen molar-refractivity contribution in [3.8, 4) is 0 Å². The normalized spacial score (nSPS) is 16.0. The summed E-state index contributed by atoms with van der Waals surface area (Å²) in [6, 6.07) is 17.6. The van der Waals surface area contributed by atoms with Gasteiger partial charge in [-0.1, -0.05) is 42.5 Å². The number of carbonyl (C=O) groups is 1. The van der Waals surface area contributed by atoms with E-state index >= 15 is 0 Å². The first kappa shape index (κ1) is 15.6. The van der Waals surface area contributed by atoms with E-state index in [1.165, 1.54) is 19.3 Å². The van der Waals surface area contributed by atoms with Gasteiger partial charge in [-0.2, -0.15) is 0 Å². The molecule has 2 aromatic rings. The predicted octanol–water partition coefficient (Wildman–Crippen LogP) is 3.31. The van der Waals surface area contributed by atoms with Gasteiger partial charge >= 0.3 is 0 Å². The van der Waals surface area contributed by atoms with Gasteiger partial charge in [-0.05, 0) is 42.5 Å². The average molecular weight is 310 g/mol. The Morgan fingerprint density at radius 3 is 2.35 bits per heavy atom. The summed E-state index contributed by atoms with van der Waals surface area (Å²) in [7, 11) is 0. The molecule has 1 aliphatic heterocycles. The summed E-state index contributed by atoms with van der Waals surface area (Å²) in [6.07, 6.45) is 3.71. The Morgan fingerprint density at radius 1 is 0.957 bits per heavy atom. The minimum absolute atomic E-state index is 0.410. The number of benzene rings is 2. The van der Waals surface area contributed by atoms with Crippen molar-refractivity contribution in [1.82, 2.24) is 5.48 Å². The molecule has 120 valence electrons. The summed E-state index contributed by atoms with van der Waals surface area (Å²) >= 11 is 0. The van der Waals surface area contributed by atoms with E-state index in [-0.39, 0.29) is 0 Å². The Morgan fingerprint density at radius 2 is 1.65 bits per heavy atom. The van der Waals surface area contributed by atoms with E-state index in [1.807, 2.05) is 47.9 Å². The molecule has 0 bridgehead atoms. The molecule has 2 aromatic carbocycles. The van der Waals surface area contributed by atoms with Crippen LogP contribution in [-0.2, 0) is 4.79 Å². The number of anilines is 1. The first-order chi connectivity index (χ1) is 11.3. The number of rotatable bonds is 4. The van der Waals surface area contributed by atoms with Gasteiger partial charge in [0.25, 0.3) is 5.91 Å². The van der Waals surface area contributed by atoms with Gasteiger partial charge in [-0.25, -0.2) is 5.48 Å². The third-order valence-electron chi connectivity index (χ3n) is 4.43. The topological polar surface area (TPSA) is 52.6 Å². The Balaban J connectivity index is 1.94. The number of carbonyl (C=O) groups excluding carboxylic acids is 1. The molecule has 1 fully saturated rings. The zero-order valence-corrected chi connectivity index (χ0v) is 13.1. The highest BCUT2D eigenvalue weighted by molar-refractivity contribution is 5.86. The van der Waals surface area contributed by atoms with Crippen LogP contribution in [-0.4, -0.2) is 24.2 Å². The van der Waals surface area contributed by atoms with E-state index in [9.17, 15) is 4.79 Å². The van der Waals surface area contributed by atoms with E-state index in [0.29, 0.717) is 0 Å². The summed E-state index contributed by atoms with van der Waals surface area (Å²) in [5.41, 5.74) is 4.72. The van der Waals surface area contributed by atoms with Crippen molar-refractivity contribution < 1.29 is 10.0 Å². The standard InChI is InChI=1S/C19H22N2O2/c22-19(20-23)18(15-8-3-1-4-9-15)16-10-7-11-17(14-16)21-12-5-2-6-13-21/h1,3-4,7-11,14,18,23H,2,5-6,12-13H2,(H,20,22). The number of hydroxylamine groups is 1. The third-order valence-corrected chi connectivity index (χ3v) is 4.43. The molecule has 0 aromatic heterocycles. The Hall–Kier alpha value is -2.33. The van der Waals surface area contributed by atoms with Crippen molar-refractivity contribution in [3.63, 3.8) is 0 Å². The lowest BCUT2D eigenvalue weighted by Gasteiger charge is -2.29. The Bertz CT molecular complexity index is 651. The van der Waals surface area contributed by atoms with Gasteiger partial charge in [-0.3, -0.25) is 10.0 Å². The predicted molar refractivity (Wildman–Crippen MR) is 90.7 cm³/mol. The monoisotopic (exact) mass is 310 g/mol. The molecule has 0 radical (unpaired) electrons. The van der Waals surface area contributed by atoms with Crippen molar-refractivity contribution in [2.45, 2.75) is 25.2 Å². The first-order valence-electron chi connectivity index (χ1n) is 8.13. The fraction of sp³-hybridized carbons (Fsp3) is 0.316. The van der Waals surface area contributed by atoms with Crippen LogP contribution in [0.5, 0.6) is 0 Å². The van der Waals surface area contributed by atoms with E-state index in [1.54, 1.807) is 0 Å². The maximum absolute atomic E-state index is 12.2. The van der Waals surface area contributed by atoms with Crippen LogP contribution in [0.25, 0.3) is 0 Å². The molecule has 2 N–H and O–H groups in total. The zero-order valence-electron chi connectivity index (χ0n) is 13.1. The molecular formula is C19H22N2O2. The second-order valence-corrected chi connectivity index (χ2v) is 5.96. The van der Waals surface area contributed by atoms with E-state index in [4.69, 9.17) is 5.21 Å². The third kappa shape index (κ3) is 3.54. The van der Waals surface area contributed by atoms with Crippen LogP contribution < -0.4 is 10.4 Å². The fourth-order valence-electron chi connectivity index (χ4n) is 3.26. The van der Waals surface area contributed by atoms with Crippen molar-refractivity contribution >= 4 is 11.6 Å². The van der Waals surface area contributed by atoms with Crippen molar-refractivity contribution in [1.29, 1.82) is 0 Å². The fourth-order valence-corrected chi connectivity index (χ4v) is 3.26. The SMILES string of the molecule is O=C(NO)C(c1ccccc1)c1cccc(N2CCCCC2)c1. The average Bonchev–Trinajstić information content (AvgIpc) is 2.64. The first-order valence-corrected chi connectivity index (χ1v) is 8.13. The zero-order chi connectivity index (χ0) is 16.1. The molecule has 1 aliphatic rings. The molecule has 3 rings (SSSR count). The largest absolute Gasteiger partial charge is 0.372 e. The maximum Gasteiger partial charge on any atom is 0.255 e. The summed E-state index contributed by atoms with van der Waals surface area (Å²) in [5.74, 6) is -0.919. The van der Waals surface area contributed by atoms with Crippen molar-refractivity contribution in [2.24, 2.45) is 0 Å². The van der Waals surface area contributed by atoms with Crippen LogP contribution in [0, 0.1) is 0 Å². The highest BCUT2D eigenvalue weighted by Gasteiger charge is 2.23. The molecule has 1 heterocycles. The lowest BCUT2D eigenvalue weighted by Crippen LogP contribution is -2.30. The summed E-state index contributed by atoms with van der Waals surface area (Å²) < 4.78 is 0. The van der Waals surface area contributed by atoms with Crippen LogP contribution in [0.2, 0.25) is 0 Å². The summed E-state index contributed by atoms with van der Waals surface area (Å²) in [5, 5.41) is 9.14. The number of amides is 1. The minimum atomic E-state index is -0.508. The molecule has 23 heavy (non-hydrogen) atoms.